The van der Waals surface area contributed by atoms with Crippen LogP contribution in [-0.4, -0.2) is 74.9 Å². The van der Waals surface area contributed by atoms with Crippen LogP contribution in [0.25, 0.3) is 5.76 Å². The number of hydrogen-bond acceptors (Lipinski definition) is 9. The first-order chi connectivity index (χ1) is 15.9. The minimum absolute atomic E-state index is 0. The summed E-state index contributed by atoms with van der Waals surface area (Å²) in [5, 5.41) is 46.2. The van der Waals surface area contributed by atoms with Crippen molar-refractivity contribution >= 4 is 59.3 Å². The zero-order chi connectivity index (χ0) is 25.3. The first-order valence-corrected chi connectivity index (χ1v) is 10.6. The van der Waals surface area contributed by atoms with Crippen LogP contribution >= 0.6 is 24.0 Å². The second-order valence-electron chi connectivity index (χ2n) is 8.84. The molecule has 4 unspecified atom stereocenters. The zero-order valence-corrected chi connectivity index (χ0v) is 20.1. The summed E-state index contributed by atoms with van der Waals surface area (Å²) >= 11 is 6.16. The summed E-state index contributed by atoms with van der Waals surface area (Å²) in [7, 11) is 3.04. The van der Waals surface area contributed by atoms with Crippen LogP contribution in [0.5, 0.6) is 5.75 Å². The van der Waals surface area contributed by atoms with Crippen molar-refractivity contribution in [2.75, 3.05) is 19.4 Å². The number of nitrogens with two attached hydrogens (primary N) is 1. The summed E-state index contributed by atoms with van der Waals surface area (Å²) in [6, 6.07) is 0.271. The van der Waals surface area contributed by atoms with Crippen LogP contribution in [-0.2, 0) is 25.6 Å². The average Bonchev–Trinajstić information content (AvgIpc) is 2.73. The maximum absolute atomic E-state index is 13.7. The third-order valence-corrected chi connectivity index (χ3v) is 7.16. The molecule has 0 heterocycles. The summed E-state index contributed by atoms with van der Waals surface area (Å²) in [6.45, 7) is 0. The maximum atomic E-state index is 13.7. The van der Waals surface area contributed by atoms with Gasteiger partial charge in [0, 0.05) is 11.5 Å². The number of aliphatic hydroxyl groups excluding tert-OH is 2. The number of aromatic hydroxyl groups is 1. The number of Topliss-reactive ketones (excluding diaryl/α,β-unsaturated/α-hetero) is 2. The molecule has 4 rings (SSSR count). The number of phenolic OH excluding ortho intramolecular Hbond substituents is 1. The van der Waals surface area contributed by atoms with E-state index in [1.54, 1.807) is 0 Å². The van der Waals surface area contributed by atoms with E-state index in [4.69, 9.17) is 17.3 Å². The van der Waals surface area contributed by atoms with Crippen LogP contribution in [0.15, 0.2) is 23.0 Å². The maximum Gasteiger partial charge on any atom is 0.255 e. The van der Waals surface area contributed by atoms with Crippen molar-refractivity contribution in [1.29, 1.82) is 0 Å². The molecule has 0 saturated heterocycles. The number of rotatable bonds is 4. The number of fused-ring (bicyclic) bond motifs is 3. The van der Waals surface area contributed by atoms with Crippen molar-refractivity contribution in [3.05, 3.63) is 39.1 Å². The Balaban J connectivity index is 0.00000342. The van der Waals surface area contributed by atoms with E-state index < -0.39 is 63.8 Å². The van der Waals surface area contributed by atoms with Gasteiger partial charge in [-0.25, -0.2) is 0 Å². The average molecular weight is 528 g/mol. The highest BCUT2D eigenvalue weighted by Gasteiger charge is 2.64. The number of halogens is 2. The van der Waals surface area contributed by atoms with Gasteiger partial charge in [0.1, 0.15) is 22.8 Å². The van der Waals surface area contributed by atoms with Gasteiger partial charge in [0.05, 0.1) is 16.6 Å². The Bertz CT molecular complexity index is 1240. The van der Waals surface area contributed by atoms with E-state index in [0.29, 0.717) is 5.56 Å². The molecular formula is C22H23Cl2N3O8. The number of likely N-dealkylation sites (N-methyl/N-ethyl adjacent to an activating group) is 1. The third kappa shape index (κ3) is 3.49. The zero-order valence-electron chi connectivity index (χ0n) is 18.5. The van der Waals surface area contributed by atoms with Crippen LogP contribution in [0, 0.1) is 11.8 Å². The van der Waals surface area contributed by atoms with Crippen LogP contribution < -0.4 is 11.1 Å². The molecule has 35 heavy (non-hydrogen) atoms. The lowest BCUT2D eigenvalue weighted by atomic mass is 9.57. The summed E-state index contributed by atoms with van der Waals surface area (Å²) < 4.78 is 0. The standard InChI is InChI=1S/C22H22ClN3O8.ClH/c1-26(2)15-9-4-7-3-8-5-10(23)14(25-6-27)17(29)11(8)16(28)12(7)19(31)22(9,34)20(32)13(18(15)30)21(24)33;/h5-7,9,15,28-29,32,34H,3-4H2,1-2H3,(H2,24,33)(H,25,27);1H. The molecule has 0 aliphatic heterocycles. The van der Waals surface area contributed by atoms with Crippen LogP contribution in [0.4, 0.5) is 5.69 Å². The fraction of sp³-hybridized carbons (Fsp3) is 0.364. The monoisotopic (exact) mass is 527 g/mol. The van der Waals surface area contributed by atoms with Gasteiger partial charge in [-0.05, 0) is 44.5 Å². The second kappa shape index (κ2) is 8.83. The summed E-state index contributed by atoms with van der Waals surface area (Å²) in [5.74, 6) is -7.52. The van der Waals surface area contributed by atoms with E-state index in [2.05, 4.69) is 5.32 Å². The Morgan fingerprint density at radius 1 is 1.29 bits per heavy atom. The van der Waals surface area contributed by atoms with Crippen molar-refractivity contribution in [2.45, 2.75) is 24.5 Å². The first-order valence-electron chi connectivity index (χ1n) is 10.3. The number of aliphatic hydroxyl groups is 3. The molecule has 1 aromatic rings. The summed E-state index contributed by atoms with van der Waals surface area (Å²) in [5.41, 5.74) is 1.43. The van der Waals surface area contributed by atoms with Crippen LogP contribution in [0.3, 0.4) is 0 Å². The van der Waals surface area contributed by atoms with E-state index >= 15 is 0 Å². The molecule has 11 nitrogen and oxygen atoms in total. The summed E-state index contributed by atoms with van der Waals surface area (Å²) in [4.78, 5) is 50.9. The predicted octanol–water partition coefficient (Wildman–Crippen LogP) is 0.607. The van der Waals surface area contributed by atoms with Gasteiger partial charge < -0.3 is 31.5 Å². The molecule has 1 aromatic carbocycles. The normalized spacial score (nSPS) is 27.6. The van der Waals surface area contributed by atoms with Gasteiger partial charge in [-0.2, -0.15) is 0 Å². The molecule has 1 fully saturated rings. The van der Waals surface area contributed by atoms with Gasteiger partial charge in [0.15, 0.2) is 17.1 Å². The number of carbonyl (C=O) groups is 4. The minimum Gasteiger partial charge on any atom is -0.508 e. The van der Waals surface area contributed by atoms with Crippen molar-refractivity contribution in [3.63, 3.8) is 0 Å². The SMILES string of the molecule is CN(C)C1C(=O)C(C(N)=O)=C(O)C2(O)C(=O)C3=C(O)c4c(cc(Cl)c(NC=O)c4O)CC3CC12.Cl. The third-order valence-electron chi connectivity index (χ3n) is 6.87. The molecule has 0 spiro atoms. The van der Waals surface area contributed by atoms with E-state index in [1.165, 1.54) is 25.1 Å². The highest BCUT2D eigenvalue weighted by atomic mass is 35.5. The molecule has 1 saturated carbocycles. The number of hydrogen-bond donors (Lipinski definition) is 6. The smallest absolute Gasteiger partial charge is 0.255 e. The minimum atomic E-state index is -2.71. The lowest BCUT2D eigenvalue weighted by Crippen LogP contribution is -2.65. The Hall–Kier alpha value is -3.12. The van der Waals surface area contributed by atoms with Crippen LogP contribution in [0.2, 0.25) is 5.02 Å². The largest absolute Gasteiger partial charge is 0.508 e. The van der Waals surface area contributed by atoms with Crippen molar-refractivity contribution < 1.29 is 39.6 Å². The molecule has 2 amide bonds. The molecule has 0 bridgehead atoms. The van der Waals surface area contributed by atoms with Crippen LogP contribution in [0.1, 0.15) is 17.5 Å². The fourth-order valence-electron chi connectivity index (χ4n) is 5.46. The van der Waals surface area contributed by atoms with Crippen molar-refractivity contribution in [2.24, 2.45) is 17.6 Å². The highest BCUT2D eigenvalue weighted by Crippen LogP contribution is 2.53. The van der Waals surface area contributed by atoms with E-state index in [0.717, 1.165) is 0 Å². The Labute approximate surface area is 210 Å². The Morgan fingerprint density at radius 3 is 2.46 bits per heavy atom. The molecule has 0 aromatic heterocycles. The van der Waals surface area contributed by atoms with E-state index in [9.17, 15) is 39.6 Å². The Morgan fingerprint density at radius 2 is 1.91 bits per heavy atom. The van der Waals surface area contributed by atoms with E-state index in [-0.39, 0.29) is 53.5 Å². The molecule has 0 radical (unpaired) electrons. The van der Waals surface area contributed by atoms with Gasteiger partial charge >= 0.3 is 0 Å². The number of nitrogens with one attached hydrogen (secondary N) is 1. The predicted molar refractivity (Wildman–Crippen MR) is 126 cm³/mol. The van der Waals surface area contributed by atoms with Gasteiger partial charge in [-0.15, -0.1) is 12.4 Å². The lowest BCUT2D eigenvalue weighted by Gasteiger charge is -2.50. The number of primary amides is 1. The molecule has 13 heteroatoms. The number of nitrogens with zero attached hydrogens (tertiary/aromatic N) is 1. The number of benzene rings is 1. The first kappa shape index (κ1) is 26.5. The number of amides is 2. The van der Waals surface area contributed by atoms with Gasteiger partial charge in [0.2, 0.25) is 12.2 Å². The molecular weight excluding hydrogens is 505 g/mol. The topological polar surface area (TPSA) is 190 Å². The van der Waals surface area contributed by atoms with Crippen molar-refractivity contribution in [3.8, 4) is 5.75 Å². The second-order valence-corrected chi connectivity index (χ2v) is 9.25. The van der Waals surface area contributed by atoms with Gasteiger partial charge in [-0.3, -0.25) is 24.1 Å². The quantitative estimate of drug-likeness (QED) is 0.185. The number of anilines is 1. The Kier molecular flexibility index (Phi) is 6.68. The molecule has 3 aliphatic rings. The lowest BCUT2D eigenvalue weighted by molar-refractivity contribution is -0.153. The van der Waals surface area contributed by atoms with E-state index in [1.807, 2.05) is 0 Å². The number of ketones is 2. The van der Waals surface area contributed by atoms with Gasteiger partial charge in [-0.1, -0.05) is 11.6 Å². The molecule has 188 valence electrons. The fourth-order valence-corrected chi connectivity index (χ4v) is 5.74. The highest BCUT2D eigenvalue weighted by molar-refractivity contribution is 6.34. The number of phenols is 1. The van der Waals surface area contributed by atoms with Gasteiger partial charge in [0.25, 0.3) is 5.91 Å². The molecule has 3 aliphatic carbocycles. The molecule has 4 atom stereocenters. The van der Waals surface area contributed by atoms with Crippen molar-refractivity contribution in [1.82, 2.24) is 4.90 Å². The summed E-state index contributed by atoms with van der Waals surface area (Å²) in [6.07, 6.45) is 0.346. The number of carbonyl (C=O) groups excluding carboxylic acids is 4. The molecule has 7 N–H and O–H groups in total.